The molecule has 6 heteroatoms. The minimum Gasteiger partial charge on any atom is -0.285 e. The number of carbonyl (C=O) groups excluding carboxylic acids is 2. The standard InChI is InChI=1S/C18H14F4O2/c1-9-5-3-7-11(13(9)17(19)20)15(23)16(24)12-8-4-6-10(2)14(12)18(21)22/h3-8,17-18H,1-2H3. The van der Waals surface area contributed by atoms with Crippen molar-refractivity contribution in [2.75, 3.05) is 0 Å². The van der Waals surface area contributed by atoms with Gasteiger partial charge in [-0.15, -0.1) is 0 Å². The minimum atomic E-state index is -2.95. The van der Waals surface area contributed by atoms with Crippen LogP contribution in [0, 0.1) is 13.8 Å². The highest BCUT2D eigenvalue weighted by Gasteiger charge is 2.29. The first-order valence-corrected chi connectivity index (χ1v) is 7.10. The van der Waals surface area contributed by atoms with Crippen molar-refractivity contribution in [2.24, 2.45) is 0 Å². The molecule has 0 radical (unpaired) electrons. The van der Waals surface area contributed by atoms with Crippen molar-refractivity contribution in [2.45, 2.75) is 26.7 Å². The Morgan fingerprint density at radius 2 is 1.04 bits per heavy atom. The number of halogens is 4. The number of hydrogen-bond donors (Lipinski definition) is 0. The van der Waals surface area contributed by atoms with Crippen LogP contribution < -0.4 is 0 Å². The molecule has 0 amide bonds. The Bertz CT molecular complexity index is 730. The van der Waals surface area contributed by atoms with Crippen molar-refractivity contribution in [3.8, 4) is 0 Å². The third-order valence-electron chi connectivity index (χ3n) is 3.78. The molecule has 2 aromatic carbocycles. The largest absolute Gasteiger partial charge is 0.285 e. The fourth-order valence-electron chi connectivity index (χ4n) is 2.58. The van der Waals surface area contributed by atoms with Gasteiger partial charge in [0.25, 0.3) is 12.9 Å². The molecule has 0 aliphatic heterocycles. The fraction of sp³-hybridized carbons (Fsp3) is 0.222. The van der Waals surface area contributed by atoms with Crippen LogP contribution >= 0.6 is 0 Å². The maximum absolute atomic E-state index is 13.2. The minimum absolute atomic E-state index is 0.155. The fourth-order valence-corrected chi connectivity index (χ4v) is 2.58. The molecular weight excluding hydrogens is 324 g/mol. The lowest BCUT2D eigenvalue weighted by Gasteiger charge is -2.13. The van der Waals surface area contributed by atoms with E-state index in [1.54, 1.807) is 0 Å². The smallest absolute Gasteiger partial charge is 0.264 e. The van der Waals surface area contributed by atoms with E-state index in [2.05, 4.69) is 0 Å². The Balaban J connectivity index is 2.56. The SMILES string of the molecule is Cc1cccc(C(=O)C(=O)c2cccc(C)c2C(F)F)c1C(F)F. The third-order valence-corrected chi connectivity index (χ3v) is 3.78. The van der Waals surface area contributed by atoms with Gasteiger partial charge < -0.3 is 0 Å². The summed E-state index contributed by atoms with van der Waals surface area (Å²) in [6.07, 6.45) is -5.91. The van der Waals surface area contributed by atoms with Crippen molar-refractivity contribution < 1.29 is 27.2 Å². The molecule has 0 aliphatic rings. The molecular formula is C18H14F4O2. The maximum Gasteiger partial charge on any atom is 0.264 e. The highest BCUT2D eigenvalue weighted by Crippen LogP contribution is 2.30. The highest BCUT2D eigenvalue weighted by molar-refractivity contribution is 6.49. The first kappa shape index (κ1) is 17.8. The summed E-state index contributed by atoms with van der Waals surface area (Å²) in [4.78, 5) is 24.8. The van der Waals surface area contributed by atoms with Crippen molar-refractivity contribution in [1.82, 2.24) is 0 Å². The molecule has 0 unspecified atom stereocenters. The van der Waals surface area contributed by atoms with Crippen LogP contribution in [0.15, 0.2) is 36.4 Å². The molecule has 0 spiro atoms. The van der Waals surface area contributed by atoms with Gasteiger partial charge in [-0.25, -0.2) is 17.6 Å². The van der Waals surface area contributed by atoms with Crippen molar-refractivity contribution in [3.05, 3.63) is 69.8 Å². The molecule has 0 aromatic heterocycles. The monoisotopic (exact) mass is 338 g/mol. The summed E-state index contributed by atoms with van der Waals surface area (Å²) in [7, 11) is 0. The number of carbonyl (C=O) groups is 2. The molecule has 0 atom stereocenters. The molecule has 0 aliphatic carbocycles. The first-order valence-electron chi connectivity index (χ1n) is 7.10. The van der Waals surface area contributed by atoms with Gasteiger partial charge in [-0.2, -0.15) is 0 Å². The zero-order chi connectivity index (χ0) is 18.0. The number of ketones is 2. The van der Waals surface area contributed by atoms with Gasteiger partial charge in [0.1, 0.15) is 0 Å². The molecule has 0 bridgehead atoms. The Labute approximate surface area is 136 Å². The molecule has 2 aromatic rings. The zero-order valence-electron chi connectivity index (χ0n) is 12.9. The summed E-state index contributed by atoms with van der Waals surface area (Å²) in [5, 5.41) is 0. The summed E-state index contributed by atoms with van der Waals surface area (Å²) in [5.41, 5.74) is -1.72. The molecule has 2 nitrogen and oxygen atoms in total. The Hall–Kier alpha value is -2.50. The lowest BCUT2D eigenvalue weighted by Crippen LogP contribution is -2.19. The predicted octanol–water partition coefficient (Wildman–Crippen LogP) is 5.24. The zero-order valence-corrected chi connectivity index (χ0v) is 12.9. The second kappa shape index (κ2) is 6.95. The van der Waals surface area contributed by atoms with E-state index < -0.39 is 46.7 Å². The van der Waals surface area contributed by atoms with Gasteiger partial charge in [0.05, 0.1) is 0 Å². The number of Topliss-reactive ketones (excluding diaryl/α,β-unsaturated/α-hetero) is 2. The van der Waals surface area contributed by atoms with Crippen LogP contribution in [0.4, 0.5) is 17.6 Å². The van der Waals surface area contributed by atoms with E-state index in [0.717, 1.165) is 12.1 Å². The van der Waals surface area contributed by atoms with Gasteiger partial charge >= 0.3 is 0 Å². The lowest BCUT2D eigenvalue weighted by molar-refractivity contribution is 0.0805. The van der Waals surface area contributed by atoms with Crippen molar-refractivity contribution in [3.63, 3.8) is 0 Å². The number of hydrogen-bond acceptors (Lipinski definition) is 2. The molecule has 126 valence electrons. The molecule has 0 saturated carbocycles. The van der Waals surface area contributed by atoms with E-state index in [1.165, 1.54) is 38.1 Å². The molecule has 0 heterocycles. The van der Waals surface area contributed by atoms with Crippen LogP contribution in [0.3, 0.4) is 0 Å². The average molecular weight is 338 g/mol. The molecule has 24 heavy (non-hydrogen) atoms. The van der Waals surface area contributed by atoms with Gasteiger partial charge in [0, 0.05) is 22.3 Å². The molecule has 0 fully saturated rings. The van der Waals surface area contributed by atoms with Crippen LogP contribution in [0.5, 0.6) is 0 Å². The number of aryl methyl sites for hydroxylation is 2. The number of rotatable bonds is 5. The second-order valence-corrected chi connectivity index (χ2v) is 5.33. The van der Waals surface area contributed by atoms with E-state index in [4.69, 9.17) is 0 Å². The van der Waals surface area contributed by atoms with Crippen LogP contribution in [-0.2, 0) is 0 Å². The summed E-state index contributed by atoms with van der Waals surface area (Å²) in [5.74, 6) is -2.44. The van der Waals surface area contributed by atoms with E-state index in [0.29, 0.717) is 0 Å². The molecule has 2 rings (SSSR count). The summed E-state index contributed by atoms with van der Waals surface area (Å²) >= 11 is 0. The Morgan fingerprint density at radius 3 is 1.33 bits per heavy atom. The van der Waals surface area contributed by atoms with Crippen molar-refractivity contribution >= 4 is 11.6 Å². The van der Waals surface area contributed by atoms with Crippen LogP contribution in [0.2, 0.25) is 0 Å². The molecule has 0 N–H and O–H groups in total. The van der Waals surface area contributed by atoms with Gasteiger partial charge in [0.15, 0.2) is 0 Å². The summed E-state index contributed by atoms with van der Waals surface area (Å²) < 4.78 is 52.8. The Kier molecular flexibility index (Phi) is 5.17. The van der Waals surface area contributed by atoms with Gasteiger partial charge in [-0.3, -0.25) is 9.59 Å². The van der Waals surface area contributed by atoms with E-state index in [-0.39, 0.29) is 11.1 Å². The summed E-state index contributed by atoms with van der Waals surface area (Å²) in [6, 6.07) is 7.72. The first-order chi connectivity index (χ1) is 11.3. The van der Waals surface area contributed by atoms with Gasteiger partial charge in [-0.1, -0.05) is 36.4 Å². The van der Waals surface area contributed by atoms with Crippen LogP contribution in [0.1, 0.15) is 55.8 Å². The van der Waals surface area contributed by atoms with E-state index in [9.17, 15) is 27.2 Å². The quantitative estimate of drug-likeness (QED) is 0.424. The third kappa shape index (κ3) is 3.22. The lowest BCUT2D eigenvalue weighted by atomic mass is 9.91. The van der Waals surface area contributed by atoms with E-state index >= 15 is 0 Å². The summed E-state index contributed by atoms with van der Waals surface area (Å²) in [6.45, 7) is 2.78. The van der Waals surface area contributed by atoms with Crippen LogP contribution in [0.25, 0.3) is 0 Å². The van der Waals surface area contributed by atoms with Crippen molar-refractivity contribution in [1.29, 1.82) is 0 Å². The van der Waals surface area contributed by atoms with E-state index in [1.807, 2.05) is 0 Å². The number of benzene rings is 2. The normalized spacial score (nSPS) is 11.2. The Morgan fingerprint density at radius 1 is 0.708 bits per heavy atom. The predicted molar refractivity (Wildman–Crippen MR) is 80.9 cm³/mol. The maximum atomic E-state index is 13.2. The van der Waals surface area contributed by atoms with Gasteiger partial charge in [-0.05, 0) is 25.0 Å². The highest BCUT2D eigenvalue weighted by atomic mass is 19.3. The average Bonchev–Trinajstić information content (AvgIpc) is 2.52. The van der Waals surface area contributed by atoms with Gasteiger partial charge in [0.2, 0.25) is 11.6 Å². The number of alkyl halides is 4. The molecule has 0 saturated heterocycles. The second-order valence-electron chi connectivity index (χ2n) is 5.33. The topological polar surface area (TPSA) is 34.1 Å². The van der Waals surface area contributed by atoms with Crippen LogP contribution in [-0.4, -0.2) is 11.6 Å².